The first-order valence-electron chi connectivity index (χ1n) is 8.27. The highest BCUT2D eigenvalue weighted by molar-refractivity contribution is 6.04. The lowest BCUT2D eigenvalue weighted by Gasteiger charge is -2.36. The number of furan rings is 1. The lowest BCUT2D eigenvalue weighted by molar-refractivity contribution is 0.243. The van der Waals surface area contributed by atoms with E-state index >= 15 is 0 Å². The maximum Gasteiger partial charge on any atom is 0.226 e. The maximum atomic E-state index is 11.0. The summed E-state index contributed by atoms with van der Waals surface area (Å²) in [5, 5.41) is 11.0. The molecule has 6 heteroatoms. The van der Waals surface area contributed by atoms with Crippen LogP contribution in [0.2, 0.25) is 0 Å². The van der Waals surface area contributed by atoms with E-state index in [2.05, 4.69) is 4.99 Å². The van der Waals surface area contributed by atoms with Crippen molar-refractivity contribution in [2.75, 3.05) is 12.0 Å². The summed E-state index contributed by atoms with van der Waals surface area (Å²) < 4.78 is 10.7. The lowest BCUT2D eigenvalue weighted by Crippen LogP contribution is -2.44. The van der Waals surface area contributed by atoms with Gasteiger partial charge in [-0.05, 0) is 35.9 Å². The number of benzene rings is 2. The first kappa shape index (κ1) is 16.4. The molecular formula is C20H19N3O3. The molecule has 2 unspecified atom stereocenters. The van der Waals surface area contributed by atoms with Gasteiger partial charge >= 0.3 is 0 Å². The van der Waals surface area contributed by atoms with Gasteiger partial charge in [-0.15, -0.1) is 0 Å². The number of aliphatic imine (C=N–C) groups is 1. The van der Waals surface area contributed by atoms with Gasteiger partial charge in [0.15, 0.2) is 0 Å². The Morgan fingerprint density at radius 2 is 1.85 bits per heavy atom. The van der Waals surface area contributed by atoms with Crippen LogP contribution in [0.25, 0.3) is 0 Å². The van der Waals surface area contributed by atoms with E-state index in [1.807, 2.05) is 59.5 Å². The Labute approximate surface area is 151 Å². The standard InChI is InChI=1S/C20H19N3O3/c1-25-15-9-7-14(8-10-15)23-18(21)16-11-12-26-20(16)22-19(23)17(24)13-5-3-2-4-6-13/h2-12,17-18,24H,21H2,1H3. The summed E-state index contributed by atoms with van der Waals surface area (Å²) in [6.07, 6.45) is 0.0866. The van der Waals surface area contributed by atoms with Crippen LogP contribution in [-0.4, -0.2) is 18.1 Å². The minimum atomic E-state index is -0.942. The molecule has 0 saturated carbocycles. The molecule has 2 atom stereocenters. The van der Waals surface area contributed by atoms with Crippen LogP contribution in [0, 0.1) is 0 Å². The van der Waals surface area contributed by atoms with E-state index in [1.54, 1.807) is 19.4 Å². The van der Waals surface area contributed by atoms with Gasteiger partial charge in [-0.2, -0.15) is 4.99 Å². The van der Waals surface area contributed by atoms with Gasteiger partial charge in [0.25, 0.3) is 0 Å². The highest BCUT2D eigenvalue weighted by atomic mass is 16.5. The van der Waals surface area contributed by atoms with Crippen molar-refractivity contribution in [3.63, 3.8) is 0 Å². The Kier molecular flexibility index (Phi) is 4.20. The van der Waals surface area contributed by atoms with Crippen LogP contribution in [0.3, 0.4) is 0 Å². The van der Waals surface area contributed by atoms with Crippen molar-refractivity contribution in [2.45, 2.75) is 12.3 Å². The lowest BCUT2D eigenvalue weighted by atomic mass is 10.0. The summed E-state index contributed by atoms with van der Waals surface area (Å²) in [4.78, 5) is 6.36. The Morgan fingerprint density at radius 1 is 1.12 bits per heavy atom. The van der Waals surface area contributed by atoms with Crippen LogP contribution in [0.4, 0.5) is 11.6 Å². The summed E-state index contributed by atoms with van der Waals surface area (Å²) in [7, 11) is 1.62. The third-order valence-electron chi connectivity index (χ3n) is 4.44. The molecule has 0 spiro atoms. The number of anilines is 1. The fourth-order valence-corrected chi connectivity index (χ4v) is 3.08. The second-order valence-corrected chi connectivity index (χ2v) is 5.98. The number of fused-ring (bicyclic) bond motifs is 1. The molecule has 3 aromatic rings. The number of nitrogens with zero attached hydrogens (tertiary/aromatic N) is 2. The zero-order valence-electron chi connectivity index (χ0n) is 14.2. The van der Waals surface area contributed by atoms with Crippen LogP contribution in [0.15, 0.2) is 76.3 Å². The van der Waals surface area contributed by atoms with Gasteiger partial charge in [0.1, 0.15) is 23.9 Å². The number of amidine groups is 1. The number of aliphatic hydroxyl groups is 1. The first-order valence-corrected chi connectivity index (χ1v) is 8.27. The van der Waals surface area contributed by atoms with E-state index in [1.165, 1.54) is 0 Å². The third-order valence-corrected chi connectivity index (χ3v) is 4.44. The van der Waals surface area contributed by atoms with Crippen molar-refractivity contribution in [3.8, 4) is 5.75 Å². The summed E-state index contributed by atoms with van der Waals surface area (Å²) in [6, 6.07) is 18.6. The summed E-state index contributed by atoms with van der Waals surface area (Å²) in [5.41, 5.74) is 8.79. The highest BCUT2D eigenvalue weighted by Crippen LogP contribution is 2.39. The van der Waals surface area contributed by atoms with E-state index in [-0.39, 0.29) is 0 Å². The van der Waals surface area contributed by atoms with Crippen LogP contribution in [0.1, 0.15) is 23.4 Å². The molecule has 0 saturated heterocycles. The molecule has 2 aromatic carbocycles. The fraction of sp³-hybridized carbons (Fsp3) is 0.150. The van der Waals surface area contributed by atoms with Crippen molar-refractivity contribution in [1.29, 1.82) is 0 Å². The van der Waals surface area contributed by atoms with Crippen LogP contribution in [-0.2, 0) is 0 Å². The molecule has 1 aliphatic heterocycles. The number of hydrogen-bond acceptors (Lipinski definition) is 6. The number of ether oxygens (including phenoxy) is 1. The number of aliphatic hydroxyl groups excluding tert-OH is 1. The number of nitrogens with two attached hydrogens (primary N) is 1. The normalized spacial score (nSPS) is 17.4. The smallest absolute Gasteiger partial charge is 0.226 e. The van der Waals surface area contributed by atoms with E-state index in [4.69, 9.17) is 14.9 Å². The third kappa shape index (κ3) is 2.75. The monoisotopic (exact) mass is 349 g/mol. The molecular weight excluding hydrogens is 330 g/mol. The molecule has 2 heterocycles. The molecule has 1 aliphatic rings. The van der Waals surface area contributed by atoms with E-state index in [9.17, 15) is 5.11 Å². The van der Waals surface area contributed by atoms with E-state index in [0.29, 0.717) is 11.7 Å². The van der Waals surface area contributed by atoms with E-state index < -0.39 is 12.3 Å². The second kappa shape index (κ2) is 6.67. The molecule has 0 fully saturated rings. The van der Waals surface area contributed by atoms with Gasteiger partial charge in [-0.25, -0.2) is 0 Å². The number of hydrogen-bond donors (Lipinski definition) is 2. The topological polar surface area (TPSA) is 84.2 Å². The van der Waals surface area contributed by atoms with Crippen molar-refractivity contribution in [2.24, 2.45) is 10.7 Å². The average Bonchev–Trinajstić information content (AvgIpc) is 3.17. The van der Waals surface area contributed by atoms with Gasteiger partial charge in [0.05, 0.1) is 18.9 Å². The van der Waals surface area contributed by atoms with Crippen LogP contribution < -0.4 is 15.4 Å². The average molecular weight is 349 g/mol. The summed E-state index contributed by atoms with van der Waals surface area (Å²) >= 11 is 0. The predicted molar refractivity (Wildman–Crippen MR) is 99.6 cm³/mol. The SMILES string of the molecule is COc1ccc(N2C(C(O)c3ccccc3)=Nc3occc3C2N)cc1. The Morgan fingerprint density at radius 3 is 2.54 bits per heavy atom. The Bertz CT molecular complexity index is 919. The molecule has 0 aliphatic carbocycles. The zero-order valence-corrected chi connectivity index (χ0v) is 14.2. The molecule has 1 aromatic heterocycles. The van der Waals surface area contributed by atoms with Crippen molar-refractivity contribution in [3.05, 3.63) is 78.1 Å². The van der Waals surface area contributed by atoms with Gasteiger partial charge in [-0.1, -0.05) is 30.3 Å². The zero-order chi connectivity index (χ0) is 18.1. The summed E-state index contributed by atoms with van der Waals surface area (Å²) in [5.74, 6) is 1.58. The molecule has 132 valence electrons. The van der Waals surface area contributed by atoms with Gasteiger partial charge in [0, 0.05) is 5.69 Å². The summed E-state index contributed by atoms with van der Waals surface area (Å²) in [6.45, 7) is 0. The molecule has 26 heavy (non-hydrogen) atoms. The van der Waals surface area contributed by atoms with Gasteiger partial charge in [0.2, 0.25) is 5.88 Å². The Balaban J connectivity index is 1.81. The minimum absolute atomic E-state index is 0.413. The maximum absolute atomic E-state index is 11.0. The molecule has 3 N–H and O–H groups in total. The van der Waals surface area contributed by atoms with Gasteiger partial charge in [-0.3, -0.25) is 0 Å². The molecule has 6 nitrogen and oxygen atoms in total. The molecule has 0 radical (unpaired) electrons. The largest absolute Gasteiger partial charge is 0.497 e. The minimum Gasteiger partial charge on any atom is -0.497 e. The van der Waals surface area contributed by atoms with Crippen molar-refractivity contribution in [1.82, 2.24) is 0 Å². The number of rotatable bonds is 4. The van der Waals surface area contributed by atoms with Gasteiger partial charge < -0.3 is 24.9 Å². The fourth-order valence-electron chi connectivity index (χ4n) is 3.08. The highest BCUT2D eigenvalue weighted by Gasteiger charge is 2.34. The first-order chi connectivity index (χ1) is 12.7. The Hall–Kier alpha value is -3.09. The van der Waals surface area contributed by atoms with E-state index in [0.717, 1.165) is 22.6 Å². The number of methoxy groups -OCH3 is 1. The molecule has 0 bridgehead atoms. The second-order valence-electron chi connectivity index (χ2n) is 5.98. The van der Waals surface area contributed by atoms with Crippen molar-refractivity contribution < 1.29 is 14.3 Å². The molecule has 4 rings (SSSR count). The van der Waals surface area contributed by atoms with Crippen molar-refractivity contribution >= 4 is 17.4 Å². The molecule has 0 amide bonds. The predicted octanol–water partition coefficient (Wildman–Crippen LogP) is 3.53. The van der Waals surface area contributed by atoms with Crippen LogP contribution in [0.5, 0.6) is 5.75 Å². The quantitative estimate of drug-likeness (QED) is 0.753. The van der Waals surface area contributed by atoms with Crippen LogP contribution >= 0.6 is 0 Å².